The first kappa shape index (κ1) is 13.1. The Morgan fingerprint density at radius 3 is 2.83 bits per heavy atom. The van der Waals surface area contributed by atoms with E-state index in [1.807, 2.05) is 0 Å². The van der Waals surface area contributed by atoms with Gasteiger partial charge in [0.25, 0.3) is 0 Å². The lowest BCUT2D eigenvalue weighted by Gasteiger charge is -2.21. The maximum absolute atomic E-state index is 4.63. The zero-order valence-corrected chi connectivity index (χ0v) is 12.2. The van der Waals surface area contributed by atoms with E-state index in [9.17, 15) is 0 Å². The molecule has 2 heterocycles. The number of anilines is 2. The van der Waals surface area contributed by atoms with Gasteiger partial charge in [-0.15, -0.1) is 11.3 Å². The van der Waals surface area contributed by atoms with Crippen molar-refractivity contribution in [3.63, 3.8) is 0 Å². The molecule has 1 N–H and O–H groups in total. The van der Waals surface area contributed by atoms with Crippen LogP contribution < -0.4 is 10.2 Å². The highest BCUT2D eigenvalue weighted by Crippen LogP contribution is 2.28. The summed E-state index contributed by atoms with van der Waals surface area (Å²) in [7, 11) is 2.09. The Bertz CT molecular complexity index is 521. The molecule has 0 atom stereocenters. The maximum atomic E-state index is 4.63. The van der Waals surface area contributed by atoms with Crippen molar-refractivity contribution in [2.75, 3.05) is 30.4 Å². The smallest absolute Gasteiger partial charge is 0.226 e. The van der Waals surface area contributed by atoms with Crippen molar-refractivity contribution in [3.8, 4) is 0 Å². The number of hydrogen-bond acceptors (Lipinski definition) is 5. The van der Waals surface area contributed by atoms with Crippen molar-refractivity contribution < 1.29 is 0 Å². The SMILES string of the molecule is CCNc1nc(N(C)CC(C)C)c2ccsc2n1. The molecule has 18 heavy (non-hydrogen) atoms. The second kappa shape index (κ2) is 5.52. The lowest BCUT2D eigenvalue weighted by Crippen LogP contribution is -2.24. The van der Waals surface area contributed by atoms with Gasteiger partial charge in [0, 0.05) is 20.1 Å². The van der Waals surface area contributed by atoms with Crippen LogP contribution in [-0.2, 0) is 0 Å². The zero-order chi connectivity index (χ0) is 13.1. The molecule has 2 aromatic rings. The van der Waals surface area contributed by atoms with Crippen molar-refractivity contribution in [3.05, 3.63) is 11.4 Å². The zero-order valence-electron chi connectivity index (χ0n) is 11.4. The van der Waals surface area contributed by atoms with Crippen LogP contribution in [0.25, 0.3) is 10.2 Å². The number of nitrogens with zero attached hydrogens (tertiary/aromatic N) is 3. The van der Waals surface area contributed by atoms with Gasteiger partial charge < -0.3 is 10.2 Å². The van der Waals surface area contributed by atoms with Gasteiger partial charge >= 0.3 is 0 Å². The van der Waals surface area contributed by atoms with Crippen molar-refractivity contribution >= 4 is 33.3 Å². The molecule has 0 aliphatic carbocycles. The predicted molar refractivity (Wildman–Crippen MR) is 79.7 cm³/mol. The molecule has 0 saturated heterocycles. The Labute approximate surface area is 112 Å². The van der Waals surface area contributed by atoms with E-state index in [1.165, 1.54) is 0 Å². The molecule has 2 aromatic heterocycles. The van der Waals surface area contributed by atoms with Gasteiger partial charge in [-0.3, -0.25) is 0 Å². The summed E-state index contributed by atoms with van der Waals surface area (Å²) in [5.74, 6) is 2.35. The molecule has 2 rings (SSSR count). The monoisotopic (exact) mass is 264 g/mol. The molecule has 0 unspecified atom stereocenters. The van der Waals surface area contributed by atoms with Crippen molar-refractivity contribution in [2.24, 2.45) is 5.92 Å². The first-order valence-corrected chi connectivity index (χ1v) is 7.20. The fourth-order valence-corrected chi connectivity index (χ4v) is 2.76. The summed E-state index contributed by atoms with van der Waals surface area (Å²) in [6.45, 7) is 8.32. The van der Waals surface area contributed by atoms with Crippen LogP contribution in [0.2, 0.25) is 0 Å². The molecule has 0 aliphatic rings. The molecule has 0 radical (unpaired) electrons. The van der Waals surface area contributed by atoms with Gasteiger partial charge in [0.2, 0.25) is 5.95 Å². The lowest BCUT2D eigenvalue weighted by molar-refractivity contribution is 0.636. The Morgan fingerprint density at radius 1 is 1.39 bits per heavy atom. The Morgan fingerprint density at radius 2 is 2.17 bits per heavy atom. The number of thiophene rings is 1. The van der Waals surface area contributed by atoms with E-state index < -0.39 is 0 Å². The minimum atomic E-state index is 0.612. The summed E-state index contributed by atoms with van der Waals surface area (Å²) in [5, 5.41) is 6.41. The second-order valence-electron chi connectivity index (χ2n) is 4.81. The molecule has 98 valence electrons. The Hall–Kier alpha value is -1.36. The van der Waals surface area contributed by atoms with Crippen molar-refractivity contribution in [1.82, 2.24) is 9.97 Å². The van der Waals surface area contributed by atoms with Crippen LogP contribution in [0, 0.1) is 5.92 Å². The van der Waals surface area contributed by atoms with E-state index in [2.05, 4.69) is 59.4 Å². The van der Waals surface area contributed by atoms with Gasteiger partial charge in [0.1, 0.15) is 10.6 Å². The average molecular weight is 264 g/mol. The van der Waals surface area contributed by atoms with Crippen LogP contribution in [0.4, 0.5) is 11.8 Å². The number of hydrogen-bond donors (Lipinski definition) is 1. The molecule has 0 bridgehead atoms. The van der Waals surface area contributed by atoms with Crippen LogP contribution in [0.1, 0.15) is 20.8 Å². The molecule has 0 saturated carbocycles. The van der Waals surface area contributed by atoms with Gasteiger partial charge in [0.15, 0.2) is 0 Å². The van der Waals surface area contributed by atoms with E-state index in [0.29, 0.717) is 5.92 Å². The van der Waals surface area contributed by atoms with E-state index in [0.717, 1.165) is 35.1 Å². The fourth-order valence-electron chi connectivity index (χ4n) is 2.00. The molecule has 0 fully saturated rings. The quantitative estimate of drug-likeness (QED) is 0.900. The van der Waals surface area contributed by atoms with Crippen molar-refractivity contribution in [1.29, 1.82) is 0 Å². The molecule has 0 aliphatic heterocycles. The van der Waals surface area contributed by atoms with Gasteiger partial charge in [-0.25, -0.2) is 4.98 Å². The van der Waals surface area contributed by atoms with Gasteiger partial charge in [-0.2, -0.15) is 4.98 Å². The number of fused-ring (bicyclic) bond motifs is 1. The van der Waals surface area contributed by atoms with Crippen LogP contribution in [0.5, 0.6) is 0 Å². The topological polar surface area (TPSA) is 41.1 Å². The number of nitrogens with one attached hydrogen (secondary N) is 1. The normalized spacial score (nSPS) is 11.2. The predicted octanol–water partition coefficient (Wildman–Crippen LogP) is 3.22. The van der Waals surface area contributed by atoms with Gasteiger partial charge in [0.05, 0.1) is 5.39 Å². The highest BCUT2D eigenvalue weighted by molar-refractivity contribution is 7.16. The van der Waals surface area contributed by atoms with E-state index in [4.69, 9.17) is 0 Å². The van der Waals surface area contributed by atoms with Crippen LogP contribution in [0.15, 0.2) is 11.4 Å². The average Bonchev–Trinajstić information content (AvgIpc) is 2.75. The molecule has 0 spiro atoms. The standard InChI is InChI=1S/C13H20N4S/c1-5-14-13-15-11(17(4)8-9(2)3)10-6-7-18-12(10)16-13/h6-7,9H,5,8H2,1-4H3,(H,14,15,16). The molecule has 0 amide bonds. The molecule has 5 heteroatoms. The summed E-state index contributed by atoms with van der Waals surface area (Å²) in [4.78, 5) is 12.4. The van der Waals surface area contributed by atoms with Crippen LogP contribution >= 0.6 is 11.3 Å². The lowest BCUT2D eigenvalue weighted by atomic mass is 10.2. The third-order valence-corrected chi connectivity index (χ3v) is 3.45. The molecular weight excluding hydrogens is 244 g/mol. The maximum Gasteiger partial charge on any atom is 0.226 e. The summed E-state index contributed by atoms with van der Waals surface area (Å²) in [6.07, 6.45) is 0. The summed E-state index contributed by atoms with van der Waals surface area (Å²) in [5.41, 5.74) is 0. The number of aromatic nitrogens is 2. The highest BCUT2D eigenvalue weighted by atomic mass is 32.1. The van der Waals surface area contributed by atoms with Crippen LogP contribution in [0.3, 0.4) is 0 Å². The summed E-state index contributed by atoms with van der Waals surface area (Å²) in [6, 6.07) is 2.10. The Kier molecular flexibility index (Phi) is 4.01. The minimum Gasteiger partial charge on any atom is -0.359 e. The molecule has 4 nitrogen and oxygen atoms in total. The fraction of sp³-hybridized carbons (Fsp3) is 0.538. The summed E-state index contributed by atoms with van der Waals surface area (Å²) < 4.78 is 0. The third kappa shape index (κ3) is 2.72. The van der Waals surface area contributed by atoms with Gasteiger partial charge in [-0.05, 0) is 24.3 Å². The van der Waals surface area contributed by atoms with Gasteiger partial charge in [-0.1, -0.05) is 13.8 Å². The van der Waals surface area contributed by atoms with Crippen molar-refractivity contribution in [2.45, 2.75) is 20.8 Å². The van der Waals surface area contributed by atoms with E-state index in [1.54, 1.807) is 11.3 Å². The first-order valence-electron chi connectivity index (χ1n) is 6.32. The molecular formula is C13H20N4S. The molecule has 0 aromatic carbocycles. The third-order valence-electron chi connectivity index (χ3n) is 2.64. The minimum absolute atomic E-state index is 0.612. The number of rotatable bonds is 5. The summed E-state index contributed by atoms with van der Waals surface area (Å²) >= 11 is 1.66. The van der Waals surface area contributed by atoms with Crippen LogP contribution in [-0.4, -0.2) is 30.1 Å². The van der Waals surface area contributed by atoms with E-state index >= 15 is 0 Å². The van der Waals surface area contributed by atoms with E-state index in [-0.39, 0.29) is 0 Å². The largest absolute Gasteiger partial charge is 0.359 e. The second-order valence-corrected chi connectivity index (χ2v) is 5.71. The Balaban J connectivity index is 2.42. The highest BCUT2D eigenvalue weighted by Gasteiger charge is 2.13. The first-order chi connectivity index (χ1) is 8.61.